The van der Waals surface area contributed by atoms with E-state index in [-0.39, 0.29) is 10.6 Å². The first-order valence-corrected chi connectivity index (χ1v) is 6.37. The maximum atomic E-state index is 10.7. The molecule has 0 N–H and O–H groups in total. The van der Waals surface area contributed by atoms with Crippen molar-refractivity contribution in [3.8, 4) is 0 Å². The van der Waals surface area contributed by atoms with Crippen molar-refractivity contribution in [3.63, 3.8) is 0 Å². The molecule has 0 saturated heterocycles. The van der Waals surface area contributed by atoms with Crippen LogP contribution in [-0.4, -0.2) is 9.75 Å². The highest BCUT2D eigenvalue weighted by Crippen LogP contribution is 2.38. The largest absolute Gasteiger partial charge is 0.272 e. The molecule has 1 aromatic rings. The summed E-state index contributed by atoms with van der Waals surface area (Å²) in [5, 5.41) is 10.7. The van der Waals surface area contributed by atoms with Crippen molar-refractivity contribution >= 4 is 21.6 Å². The standard InChI is InChI=1S/C12H14BrNO2/c1-8-6-9(2-5-12(8)14(15)16)7-11(13)10-3-4-10/h2,5-6,10-11H,3-4,7H2,1H3. The minimum atomic E-state index is -0.328. The molecule has 3 nitrogen and oxygen atoms in total. The van der Waals surface area contributed by atoms with Crippen LogP contribution < -0.4 is 0 Å². The van der Waals surface area contributed by atoms with E-state index in [2.05, 4.69) is 15.9 Å². The molecule has 0 radical (unpaired) electrons. The van der Waals surface area contributed by atoms with Crippen molar-refractivity contribution in [1.82, 2.24) is 0 Å². The quantitative estimate of drug-likeness (QED) is 0.481. The SMILES string of the molecule is Cc1cc(CC(Br)C2CC2)ccc1[N+](=O)[O-]. The number of benzene rings is 1. The summed E-state index contributed by atoms with van der Waals surface area (Å²) in [5.74, 6) is 0.801. The van der Waals surface area contributed by atoms with Crippen molar-refractivity contribution in [2.24, 2.45) is 5.92 Å². The lowest BCUT2D eigenvalue weighted by Crippen LogP contribution is -2.05. The fourth-order valence-electron chi connectivity index (χ4n) is 1.90. The van der Waals surface area contributed by atoms with Gasteiger partial charge < -0.3 is 0 Å². The van der Waals surface area contributed by atoms with Gasteiger partial charge in [-0.1, -0.05) is 22.0 Å². The smallest absolute Gasteiger partial charge is 0.258 e. The summed E-state index contributed by atoms with van der Waals surface area (Å²) in [5.41, 5.74) is 2.14. The molecular formula is C12H14BrNO2. The van der Waals surface area contributed by atoms with Gasteiger partial charge in [0.25, 0.3) is 5.69 Å². The number of hydrogen-bond acceptors (Lipinski definition) is 2. The Morgan fingerprint density at radius 2 is 2.25 bits per heavy atom. The number of nitro benzene ring substituents is 1. The van der Waals surface area contributed by atoms with Crippen LogP contribution in [0.5, 0.6) is 0 Å². The molecule has 0 heterocycles. The fraction of sp³-hybridized carbons (Fsp3) is 0.500. The van der Waals surface area contributed by atoms with E-state index in [1.54, 1.807) is 13.0 Å². The Morgan fingerprint density at radius 3 is 2.75 bits per heavy atom. The highest BCUT2D eigenvalue weighted by molar-refractivity contribution is 9.09. The van der Waals surface area contributed by atoms with Gasteiger partial charge in [-0.3, -0.25) is 10.1 Å². The molecule has 1 aliphatic carbocycles. The lowest BCUT2D eigenvalue weighted by molar-refractivity contribution is -0.385. The summed E-state index contributed by atoms with van der Waals surface area (Å²) in [6.45, 7) is 1.79. The first-order valence-electron chi connectivity index (χ1n) is 5.46. The average molecular weight is 284 g/mol. The van der Waals surface area contributed by atoms with Gasteiger partial charge in [-0.15, -0.1) is 0 Å². The van der Waals surface area contributed by atoms with Gasteiger partial charge >= 0.3 is 0 Å². The zero-order valence-corrected chi connectivity index (χ0v) is 10.7. The third-order valence-corrected chi connectivity index (χ3v) is 4.09. The van der Waals surface area contributed by atoms with E-state index in [0.717, 1.165) is 17.9 Å². The van der Waals surface area contributed by atoms with Crippen molar-refractivity contribution < 1.29 is 4.92 Å². The van der Waals surface area contributed by atoms with Crippen molar-refractivity contribution in [2.45, 2.75) is 31.0 Å². The summed E-state index contributed by atoms with van der Waals surface area (Å²) in [7, 11) is 0. The van der Waals surface area contributed by atoms with Gasteiger partial charge in [0, 0.05) is 16.5 Å². The summed E-state index contributed by atoms with van der Waals surface area (Å²) in [6.07, 6.45) is 3.58. The molecule has 1 aliphatic rings. The molecule has 0 aromatic heterocycles. The second kappa shape index (κ2) is 4.53. The first kappa shape index (κ1) is 11.6. The van der Waals surface area contributed by atoms with Crippen molar-refractivity contribution in [3.05, 3.63) is 39.4 Å². The molecule has 2 rings (SSSR count). The lowest BCUT2D eigenvalue weighted by Gasteiger charge is -2.08. The average Bonchev–Trinajstić information content (AvgIpc) is 2.99. The molecular weight excluding hydrogens is 270 g/mol. The molecule has 1 saturated carbocycles. The molecule has 4 heteroatoms. The number of aryl methyl sites for hydroxylation is 1. The van der Waals surface area contributed by atoms with E-state index in [0.29, 0.717) is 4.83 Å². The Kier molecular flexibility index (Phi) is 3.28. The number of hydrogen-bond donors (Lipinski definition) is 0. The summed E-state index contributed by atoms with van der Waals surface area (Å²) in [6, 6.07) is 5.40. The summed E-state index contributed by atoms with van der Waals surface area (Å²) < 4.78 is 0. The Bertz CT molecular complexity index is 415. The summed E-state index contributed by atoms with van der Waals surface area (Å²) >= 11 is 3.68. The zero-order valence-electron chi connectivity index (χ0n) is 9.15. The third kappa shape index (κ3) is 2.61. The number of halogens is 1. The van der Waals surface area contributed by atoms with Crippen molar-refractivity contribution in [1.29, 1.82) is 0 Å². The molecule has 16 heavy (non-hydrogen) atoms. The Hall–Kier alpha value is -0.900. The minimum Gasteiger partial charge on any atom is -0.258 e. The van der Waals surface area contributed by atoms with Crippen LogP contribution in [-0.2, 0) is 6.42 Å². The van der Waals surface area contributed by atoms with Gasteiger partial charge in [0.1, 0.15) is 0 Å². The predicted molar refractivity (Wildman–Crippen MR) is 67.0 cm³/mol. The third-order valence-electron chi connectivity index (χ3n) is 3.02. The highest BCUT2D eigenvalue weighted by atomic mass is 79.9. The van der Waals surface area contributed by atoms with Gasteiger partial charge in [0.15, 0.2) is 0 Å². The van der Waals surface area contributed by atoms with Crippen LogP contribution in [0.15, 0.2) is 18.2 Å². The minimum absolute atomic E-state index is 0.210. The van der Waals surface area contributed by atoms with Crippen LogP contribution in [0.2, 0.25) is 0 Å². The lowest BCUT2D eigenvalue weighted by atomic mass is 10.0. The molecule has 86 valence electrons. The number of nitro groups is 1. The monoisotopic (exact) mass is 283 g/mol. The van der Waals surface area contributed by atoms with Crippen LogP contribution >= 0.6 is 15.9 Å². The molecule has 1 atom stereocenters. The Labute approximate surface area is 103 Å². The van der Waals surface area contributed by atoms with E-state index in [1.807, 2.05) is 12.1 Å². The van der Waals surface area contributed by atoms with E-state index < -0.39 is 0 Å². The number of rotatable bonds is 4. The second-order valence-corrected chi connectivity index (χ2v) is 5.61. The van der Waals surface area contributed by atoms with Crippen LogP contribution in [0.1, 0.15) is 24.0 Å². The van der Waals surface area contributed by atoms with Gasteiger partial charge in [-0.2, -0.15) is 0 Å². The molecule has 1 fully saturated rings. The van der Waals surface area contributed by atoms with Gasteiger partial charge in [0.2, 0.25) is 0 Å². The van der Waals surface area contributed by atoms with E-state index in [4.69, 9.17) is 0 Å². The van der Waals surface area contributed by atoms with Crippen LogP contribution in [0.3, 0.4) is 0 Å². The second-order valence-electron chi connectivity index (χ2n) is 4.44. The van der Waals surface area contributed by atoms with Crippen LogP contribution in [0.4, 0.5) is 5.69 Å². The maximum Gasteiger partial charge on any atom is 0.272 e. The molecule has 1 unspecified atom stereocenters. The fourth-order valence-corrected chi connectivity index (χ4v) is 2.80. The predicted octanol–water partition coefficient (Wildman–Crippen LogP) is 3.62. The zero-order chi connectivity index (χ0) is 11.7. The maximum absolute atomic E-state index is 10.7. The molecule has 0 aliphatic heterocycles. The van der Waals surface area contributed by atoms with E-state index in [9.17, 15) is 10.1 Å². The molecule has 0 spiro atoms. The normalized spacial score (nSPS) is 17.1. The Morgan fingerprint density at radius 1 is 1.56 bits per heavy atom. The van der Waals surface area contributed by atoms with Crippen molar-refractivity contribution in [2.75, 3.05) is 0 Å². The van der Waals surface area contributed by atoms with Gasteiger partial charge in [-0.25, -0.2) is 0 Å². The topological polar surface area (TPSA) is 43.1 Å². The number of nitrogens with zero attached hydrogens (tertiary/aromatic N) is 1. The number of alkyl halides is 1. The Balaban J connectivity index is 2.10. The molecule has 0 bridgehead atoms. The molecule has 0 amide bonds. The molecule has 1 aromatic carbocycles. The van der Waals surface area contributed by atoms with Crippen LogP contribution in [0.25, 0.3) is 0 Å². The van der Waals surface area contributed by atoms with E-state index in [1.165, 1.54) is 18.4 Å². The highest BCUT2D eigenvalue weighted by Gasteiger charge is 2.29. The van der Waals surface area contributed by atoms with E-state index >= 15 is 0 Å². The van der Waals surface area contributed by atoms with Gasteiger partial charge in [0.05, 0.1) is 4.92 Å². The first-order chi connectivity index (χ1) is 7.58. The summed E-state index contributed by atoms with van der Waals surface area (Å²) in [4.78, 5) is 10.9. The van der Waals surface area contributed by atoms with Gasteiger partial charge in [-0.05, 0) is 43.7 Å². The van der Waals surface area contributed by atoms with Crippen LogP contribution in [0, 0.1) is 23.0 Å².